The van der Waals surface area contributed by atoms with E-state index >= 15 is 0 Å². The van der Waals surface area contributed by atoms with Gasteiger partial charge in [0, 0.05) is 5.56 Å². The van der Waals surface area contributed by atoms with E-state index in [1.165, 1.54) is 25.1 Å². The van der Waals surface area contributed by atoms with Crippen molar-refractivity contribution in [2.24, 2.45) is 0 Å². The summed E-state index contributed by atoms with van der Waals surface area (Å²) in [6.07, 6.45) is 0. The highest BCUT2D eigenvalue weighted by Gasteiger charge is 2.16. The van der Waals surface area contributed by atoms with Crippen LogP contribution in [0.15, 0.2) is 48.5 Å². The van der Waals surface area contributed by atoms with Crippen LogP contribution in [-0.4, -0.2) is 22.8 Å². The fourth-order valence-electron chi connectivity index (χ4n) is 1.96. The molecule has 5 nitrogen and oxygen atoms in total. The summed E-state index contributed by atoms with van der Waals surface area (Å²) in [7, 11) is 0. The van der Waals surface area contributed by atoms with Gasteiger partial charge in [-0.15, -0.1) is 0 Å². The van der Waals surface area contributed by atoms with E-state index in [0.29, 0.717) is 5.56 Å². The summed E-state index contributed by atoms with van der Waals surface area (Å²) >= 11 is 0. The first-order valence-electron chi connectivity index (χ1n) is 6.24. The first kappa shape index (κ1) is 14.5. The third kappa shape index (κ3) is 3.14. The molecule has 0 spiro atoms. The normalized spacial score (nSPS) is 9.95. The molecule has 0 aliphatic rings. The van der Waals surface area contributed by atoms with Gasteiger partial charge in [0.1, 0.15) is 0 Å². The van der Waals surface area contributed by atoms with Crippen molar-refractivity contribution in [3.63, 3.8) is 0 Å². The van der Waals surface area contributed by atoms with Gasteiger partial charge in [-0.1, -0.05) is 30.3 Å². The van der Waals surface area contributed by atoms with E-state index in [1.54, 1.807) is 30.3 Å². The summed E-state index contributed by atoms with van der Waals surface area (Å²) in [6.45, 7) is 1.37. The van der Waals surface area contributed by atoms with Gasteiger partial charge in [0.15, 0.2) is 5.78 Å². The molecule has 0 saturated heterocycles. The molecule has 1 amide bonds. The van der Waals surface area contributed by atoms with Crippen molar-refractivity contribution >= 4 is 23.3 Å². The standard InChI is InChI=1S/C16H13NO4/c1-10(18)11-6-2-3-7-12(11)15(19)17-14-9-5-4-8-13(14)16(20)21/h2-9H,1H3,(H,17,19)(H,20,21). The van der Waals surface area contributed by atoms with Crippen LogP contribution in [0.2, 0.25) is 0 Å². The van der Waals surface area contributed by atoms with Crippen LogP contribution < -0.4 is 5.32 Å². The maximum atomic E-state index is 12.3. The summed E-state index contributed by atoms with van der Waals surface area (Å²) in [5.41, 5.74) is 0.688. The van der Waals surface area contributed by atoms with Crippen LogP contribution in [0.3, 0.4) is 0 Å². The number of ketones is 1. The number of carboxylic acid groups (broad SMARTS) is 1. The summed E-state index contributed by atoms with van der Waals surface area (Å²) in [5.74, 6) is -1.88. The molecule has 2 N–H and O–H groups in total. The maximum Gasteiger partial charge on any atom is 0.337 e. The number of aromatic carboxylic acids is 1. The molecule has 0 fully saturated rings. The number of para-hydroxylation sites is 1. The molecule has 0 atom stereocenters. The highest BCUT2D eigenvalue weighted by molar-refractivity contribution is 6.13. The Hall–Kier alpha value is -2.95. The maximum absolute atomic E-state index is 12.3. The monoisotopic (exact) mass is 283 g/mol. The van der Waals surface area contributed by atoms with Gasteiger partial charge in [0.2, 0.25) is 0 Å². The van der Waals surface area contributed by atoms with Gasteiger partial charge in [0.25, 0.3) is 5.91 Å². The van der Waals surface area contributed by atoms with Crippen LogP contribution in [0.25, 0.3) is 0 Å². The smallest absolute Gasteiger partial charge is 0.337 e. The molecule has 0 bridgehead atoms. The van der Waals surface area contributed by atoms with E-state index in [4.69, 9.17) is 5.11 Å². The van der Waals surface area contributed by atoms with Crippen LogP contribution in [0, 0.1) is 0 Å². The number of carbonyl (C=O) groups excluding carboxylic acids is 2. The largest absolute Gasteiger partial charge is 0.478 e. The van der Waals surface area contributed by atoms with Crippen LogP contribution in [0.4, 0.5) is 5.69 Å². The average molecular weight is 283 g/mol. The van der Waals surface area contributed by atoms with Crippen molar-refractivity contribution in [1.82, 2.24) is 0 Å². The van der Waals surface area contributed by atoms with Gasteiger partial charge >= 0.3 is 5.97 Å². The minimum Gasteiger partial charge on any atom is -0.478 e. The molecule has 0 heterocycles. The number of nitrogens with one attached hydrogen (secondary N) is 1. The molecule has 2 aromatic carbocycles. The van der Waals surface area contributed by atoms with Crippen LogP contribution in [-0.2, 0) is 0 Å². The summed E-state index contributed by atoms with van der Waals surface area (Å²) in [5, 5.41) is 11.6. The molecular weight excluding hydrogens is 270 g/mol. The molecule has 2 aromatic rings. The first-order valence-corrected chi connectivity index (χ1v) is 6.24. The van der Waals surface area contributed by atoms with Crippen molar-refractivity contribution in [2.45, 2.75) is 6.92 Å². The van der Waals surface area contributed by atoms with E-state index in [1.807, 2.05) is 0 Å². The molecular formula is C16H13NO4. The molecule has 5 heteroatoms. The number of Topliss-reactive ketones (excluding diaryl/α,β-unsaturated/α-hetero) is 1. The zero-order chi connectivity index (χ0) is 15.4. The van der Waals surface area contributed by atoms with Gasteiger partial charge in [0.05, 0.1) is 16.8 Å². The van der Waals surface area contributed by atoms with E-state index in [2.05, 4.69) is 5.32 Å². The van der Waals surface area contributed by atoms with Crippen LogP contribution in [0.5, 0.6) is 0 Å². The number of hydrogen-bond donors (Lipinski definition) is 2. The van der Waals surface area contributed by atoms with Crippen molar-refractivity contribution < 1.29 is 19.5 Å². The van der Waals surface area contributed by atoms with E-state index < -0.39 is 11.9 Å². The minimum atomic E-state index is -1.13. The Balaban J connectivity index is 2.36. The Labute approximate surface area is 121 Å². The Kier molecular flexibility index (Phi) is 4.13. The molecule has 0 unspecified atom stereocenters. The van der Waals surface area contributed by atoms with E-state index in [9.17, 15) is 14.4 Å². The Bertz CT molecular complexity index is 722. The molecule has 2 rings (SSSR count). The average Bonchev–Trinajstić information content (AvgIpc) is 2.47. The van der Waals surface area contributed by atoms with Crippen molar-refractivity contribution in [1.29, 1.82) is 0 Å². The molecule has 0 saturated carbocycles. The number of amides is 1. The summed E-state index contributed by atoms with van der Waals surface area (Å²) in [4.78, 5) is 34.9. The molecule has 106 valence electrons. The second kappa shape index (κ2) is 6.00. The number of benzene rings is 2. The van der Waals surface area contributed by atoms with Gasteiger partial charge < -0.3 is 10.4 Å². The highest BCUT2D eigenvalue weighted by atomic mass is 16.4. The fraction of sp³-hybridized carbons (Fsp3) is 0.0625. The lowest BCUT2D eigenvalue weighted by molar-refractivity contribution is 0.0697. The lowest BCUT2D eigenvalue weighted by Gasteiger charge is -2.10. The fourth-order valence-corrected chi connectivity index (χ4v) is 1.96. The van der Waals surface area contributed by atoms with Crippen LogP contribution in [0.1, 0.15) is 38.0 Å². The molecule has 0 aliphatic heterocycles. The minimum absolute atomic E-state index is 0.00819. The van der Waals surface area contributed by atoms with Crippen LogP contribution >= 0.6 is 0 Å². The van der Waals surface area contributed by atoms with Gasteiger partial charge in [-0.3, -0.25) is 9.59 Å². The number of hydrogen-bond acceptors (Lipinski definition) is 3. The third-order valence-corrected chi connectivity index (χ3v) is 2.96. The predicted molar refractivity (Wildman–Crippen MR) is 77.8 cm³/mol. The first-order chi connectivity index (χ1) is 10.0. The Morgan fingerprint density at radius 1 is 0.857 bits per heavy atom. The van der Waals surface area contributed by atoms with Gasteiger partial charge in [-0.05, 0) is 25.1 Å². The molecule has 0 aromatic heterocycles. The van der Waals surface area contributed by atoms with Gasteiger partial charge in [-0.25, -0.2) is 4.79 Å². The lowest BCUT2D eigenvalue weighted by atomic mass is 10.0. The molecule has 21 heavy (non-hydrogen) atoms. The zero-order valence-electron chi connectivity index (χ0n) is 11.3. The van der Waals surface area contributed by atoms with E-state index in [0.717, 1.165) is 0 Å². The predicted octanol–water partition coefficient (Wildman–Crippen LogP) is 2.84. The van der Waals surface area contributed by atoms with E-state index in [-0.39, 0.29) is 22.6 Å². The molecule has 0 radical (unpaired) electrons. The summed E-state index contributed by atoms with van der Waals surface area (Å²) in [6, 6.07) is 12.5. The SMILES string of the molecule is CC(=O)c1ccccc1C(=O)Nc1ccccc1C(=O)O. The Morgan fingerprint density at radius 3 is 1.95 bits per heavy atom. The van der Waals surface area contributed by atoms with Gasteiger partial charge in [-0.2, -0.15) is 0 Å². The van der Waals surface area contributed by atoms with Crippen molar-refractivity contribution in [3.8, 4) is 0 Å². The topological polar surface area (TPSA) is 83.5 Å². The number of anilines is 1. The number of carboxylic acids is 1. The third-order valence-electron chi connectivity index (χ3n) is 2.96. The summed E-state index contributed by atoms with van der Waals surface area (Å²) < 4.78 is 0. The number of rotatable bonds is 4. The number of carbonyl (C=O) groups is 3. The van der Waals surface area contributed by atoms with Crippen molar-refractivity contribution in [2.75, 3.05) is 5.32 Å². The lowest BCUT2D eigenvalue weighted by Crippen LogP contribution is -2.17. The molecule has 0 aliphatic carbocycles. The zero-order valence-corrected chi connectivity index (χ0v) is 11.3. The van der Waals surface area contributed by atoms with Crippen molar-refractivity contribution in [3.05, 3.63) is 65.2 Å². The second-order valence-electron chi connectivity index (χ2n) is 4.41. The quantitative estimate of drug-likeness (QED) is 0.845. The highest BCUT2D eigenvalue weighted by Crippen LogP contribution is 2.17. The second-order valence-corrected chi connectivity index (χ2v) is 4.41. The Morgan fingerprint density at radius 2 is 1.38 bits per heavy atom.